The van der Waals surface area contributed by atoms with E-state index in [1.807, 2.05) is 6.92 Å². The highest BCUT2D eigenvalue weighted by molar-refractivity contribution is 7.15. The van der Waals surface area contributed by atoms with E-state index in [0.717, 1.165) is 17.8 Å². The molecule has 7 nitrogen and oxygen atoms in total. The minimum Gasteiger partial charge on any atom is -0.349 e. The van der Waals surface area contributed by atoms with Gasteiger partial charge < -0.3 is 10.6 Å². The van der Waals surface area contributed by atoms with Gasteiger partial charge in [0.2, 0.25) is 16.9 Å². The van der Waals surface area contributed by atoms with Crippen LogP contribution in [0, 0.1) is 5.41 Å². The fourth-order valence-electron chi connectivity index (χ4n) is 1.56. The van der Waals surface area contributed by atoms with Crippen LogP contribution in [0.3, 0.4) is 0 Å². The quantitative estimate of drug-likeness (QED) is 0.753. The molecule has 0 atom stereocenters. The number of nitrogens with one attached hydrogen (secondary N) is 2. The summed E-state index contributed by atoms with van der Waals surface area (Å²) >= 11 is 1.34. The number of ketones is 1. The predicted octanol–water partition coefficient (Wildman–Crippen LogP) is 1.94. The highest BCUT2D eigenvalue weighted by Gasteiger charge is 2.21. The Bertz CT molecular complexity index is 563. The predicted molar refractivity (Wildman–Crippen MR) is 89.2 cm³/mol. The van der Waals surface area contributed by atoms with Gasteiger partial charge in [-0.3, -0.25) is 14.4 Å². The van der Waals surface area contributed by atoms with Crippen molar-refractivity contribution in [3.8, 4) is 0 Å². The smallest absolute Gasteiger partial charge is 0.226 e. The molecule has 0 unspecified atom stereocenters. The van der Waals surface area contributed by atoms with E-state index in [-0.39, 0.29) is 37.0 Å². The Morgan fingerprint density at radius 2 is 1.74 bits per heavy atom. The van der Waals surface area contributed by atoms with Gasteiger partial charge in [0.25, 0.3) is 0 Å². The van der Waals surface area contributed by atoms with Crippen LogP contribution >= 0.6 is 11.3 Å². The fraction of sp³-hybridized carbons (Fsp3) is 0.667. The summed E-state index contributed by atoms with van der Waals surface area (Å²) in [5.74, 6) is -0.657. The Hall–Kier alpha value is -1.83. The summed E-state index contributed by atoms with van der Waals surface area (Å²) in [6.45, 7) is 7.42. The summed E-state index contributed by atoms with van der Waals surface area (Å²) < 4.78 is 0. The topological polar surface area (TPSA) is 101 Å². The van der Waals surface area contributed by atoms with Crippen LogP contribution in [0.4, 0.5) is 5.13 Å². The van der Waals surface area contributed by atoms with Crippen LogP contribution in [0.25, 0.3) is 0 Å². The molecule has 0 radical (unpaired) electrons. The molecule has 0 aliphatic carbocycles. The highest BCUT2D eigenvalue weighted by Crippen LogP contribution is 2.16. The molecule has 0 saturated heterocycles. The maximum atomic E-state index is 11.8. The Balaban J connectivity index is 2.29. The van der Waals surface area contributed by atoms with Crippen molar-refractivity contribution < 1.29 is 14.4 Å². The number of hydrogen-bond acceptors (Lipinski definition) is 6. The number of rotatable bonds is 8. The summed E-state index contributed by atoms with van der Waals surface area (Å²) in [6.07, 6.45) is 1.87. The lowest BCUT2D eigenvalue weighted by Gasteiger charge is -2.16. The zero-order valence-electron chi connectivity index (χ0n) is 14.1. The van der Waals surface area contributed by atoms with Crippen molar-refractivity contribution in [1.29, 1.82) is 0 Å². The van der Waals surface area contributed by atoms with E-state index >= 15 is 0 Å². The van der Waals surface area contributed by atoms with Crippen molar-refractivity contribution in [2.45, 2.75) is 53.4 Å². The zero-order chi connectivity index (χ0) is 17.5. The number of hydrogen-bond donors (Lipinski definition) is 2. The first-order valence-electron chi connectivity index (χ1n) is 7.64. The second-order valence-electron chi connectivity index (χ2n) is 6.25. The number of carbonyl (C=O) groups excluding carboxylic acids is 3. The number of aryl methyl sites for hydroxylation is 1. The lowest BCUT2D eigenvalue weighted by molar-refractivity contribution is -0.129. The second-order valence-corrected chi connectivity index (χ2v) is 7.31. The van der Waals surface area contributed by atoms with Gasteiger partial charge in [-0.05, 0) is 6.42 Å². The van der Waals surface area contributed by atoms with Gasteiger partial charge in [0.15, 0.2) is 5.78 Å². The molecule has 0 spiro atoms. The van der Waals surface area contributed by atoms with E-state index in [1.54, 1.807) is 20.8 Å². The Kier molecular flexibility index (Phi) is 7.28. The maximum Gasteiger partial charge on any atom is 0.226 e. The van der Waals surface area contributed by atoms with Crippen LogP contribution in [0.15, 0.2) is 0 Å². The molecule has 0 fully saturated rings. The first-order chi connectivity index (χ1) is 10.7. The molecule has 8 heteroatoms. The number of carbonyl (C=O) groups is 3. The lowest BCUT2D eigenvalue weighted by Crippen LogP contribution is -2.35. The summed E-state index contributed by atoms with van der Waals surface area (Å²) in [4.78, 5) is 35.1. The number of amides is 2. The minimum atomic E-state index is -0.487. The first kappa shape index (κ1) is 19.2. The van der Waals surface area contributed by atoms with Gasteiger partial charge in [0.1, 0.15) is 5.01 Å². The zero-order valence-corrected chi connectivity index (χ0v) is 14.9. The number of nitrogens with zero attached hydrogens (tertiary/aromatic N) is 2. The van der Waals surface area contributed by atoms with Crippen molar-refractivity contribution in [2.75, 3.05) is 11.9 Å². The molecule has 2 N–H and O–H groups in total. The number of anilines is 1. The van der Waals surface area contributed by atoms with E-state index in [2.05, 4.69) is 20.8 Å². The Morgan fingerprint density at radius 1 is 1.09 bits per heavy atom. The van der Waals surface area contributed by atoms with Gasteiger partial charge in [-0.25, -0.2) is 0 Å². The highest BCUT2D eigenvalue weighted by atomic mass is 32.1. The monoisotopic (exact) mass is 340 g/mol. The summed E-state index contributed by atoms with van der Waals surface area (Å²) in [6, 6.07) is 0. The van der Waals surface area contributed by atoms with Crippen LogP contribution in [-0.2, 0) is 20.8 Å². The third-order valence-corrected chi connectivity index (χ3v) is 3.94. The molecule has 0 saturated carbocycles. The molecule has 2 amide bonds. The van der Waals surface area contributed by atoms with Crippen molar-refractivity contribution in [1.82, 2.24) is 15.5 Å². The van der Waals surface area contributed by atoms with Gasteiger partial charge in [0, 0.05) is 24.7 Å². The van der Waals surface area contributed by atoms with Crippen molar-refractivity contribution in [3.05, 3.63) is 5.01 Å². The largest absolute Gasteiger partial charge is 0.349 e. The Morgan fingerprint density at radius 3 is 2.35 bits per heavy atom. The Labute approximate surface area is 140 Å². The summed E-state index contributed by atoms with van der Waals surface area (Å²) in [5.41, 5.74) is -0.487. The average Bonchev–Trinajstić information content (AvgIpc) is 2.89. The van der Waals surface area contributed by atoms with Gasteiger partial charge in [0.05, 0.1) is 6.54 Å². The summed E-state index contributed by atoms with van der Waals surface area (Å²) in [5, 5.41) is 14.3. The minimum absolute atomic E-state index is 0.0132. The molecule has 128 valence electrons. The molecule has 1 rings (SSSR count). The van der Waals surface area contributed by atoms with Gasteiger partial charge >= 0.3 is 0 Å². The molecule has 1 heterocycles. The van der Waals surface area contributed by atoms with E-state index in [1.165, 1.54) is 11.3 Å². The number of aromatic nitrogens is 2. The van der Waals surface area contributed by atoms with E-state index in [0.29, 0.717) is 5.13 Å². The van der Waals surface area contributed by atoms with Crippen LogP contribution in [-0.4, -0.2) is 34.3 Å². The van der Waals surface area contributed by atoms with Crippen LogP contribution in [0.1, 0.15) is 52.0 Å². The first-order valence-corrected chi connectivity index (χ1v) is 8.46. The standard InChI is InChI=1S/C15H24N4O3S/c1-5-6-13-18-19-14(23-13)17-12(22)8-7-11(21)16-9-10(20)15(2,3)4/h5-9H2,1-4H3,(H,16,21)(H,17,19,22). The molecular weight excluding hydrogens is 316 g/mol. The maximum absolute atomic E-state index is 11.8. The molecule has 0 aliphatic heterocycles. The second kappa shape index (κ2) is 8.71. The van der Waals surface area contributed by atoms with E-state index in [4.69, 9.17) is 0 Å². The molecule has 0 aliphatic rings. The normalized spacial score (nSPS) is 11.1. The van der Waals surface area contributed by atoms with Gasteiger partial charge in [-0.1, -0.05) is 39.0 Å². The molecule has 23 heavy (non-hydrogen) atoms. The lowest BCUT2D eigenvalue weighted by atomic mass is 9.91. The summed E-state index contributed by atoms with van der Waals surface area (Å²) in [7, 11) is 0. The molecule has 0 aromatic carbocycles. The van der Waals surface area contributed by atoms with E-state index < -0.39 is 5.41 Å². The van der Waals surface area contributed by atoms with E-state index in [9.17, 15) is 14.4 Å². The van der Waals surface area contributed by atoms with Crippen LogP contribution < -0.4 is 10.6 Å². The third kappa shape index (κ3) is 7.32. The third-order valence-electron chi connectivity index (χ3n) is 3.04. The fourth-order valence-corrected chi connectivity index (χ4v) is 2.42. The molecule has 1 aromatic rings. The number of Topliss-reactive ketones (excluding diaryl/α,β-unsaturated/α-hetero) is 1. The molecular formula is C15H24N4O3S. The molecule has 0 bridgehead atoms. The van der Waals surface area contributed by atoms with Gasteiger partial charge in [-0.2, -0.15) is 0 Å². The average molecular weight is 340 g/mol. The van der Waals surface area contributed by atoms with Gasteiger partial charge in [-0.15, -0.1) is 10.2 Å². The van der Waals surface area contributed by atoms with Crippen molar-refractivity contribution in [3.63, 3.8) is 0 Å². The van der Waals surface area contributed by atoms with Crippen LogP contribution in [0.2, 0.25) is 0 Å². The molecule has 1 aromatic heterocycles. The van der Waals surface area contributed by atoms with Crippen molar-refractivity contribution in [2.24, 2.45) is 5.41 Å². The van der Waals surface area contributed by atoms with Crippen LogP contribution in [0.5, 0.6) is 0 Å². The SMILES string of the molecule is CCCc1nnc(NC(=O)CCC(=O)NCC(=O)C(C)(C)C)s1. The van der Waals surface area contributed by atoms with Crippen molar-refractivity contribution >= 4 is 34.1 Å².